The Bertz CT molecular complexity index is 467. The van der Waals surface area contributed by atoms with E-state index in [0.717, 1.165) is 17.8 Å². The smallest absolute Gasteiger partial charge is 0.168 e. The Labute approximate surface area is 81.6 Å². The predicted molar refractivity (Wildman–Crippen MR) is 53.1 cm³/mol. The highest BCUT2D eigenvalue weighted by Crippen LogP contribution is 2.20. The van der Waals surface area contributed by atoms with Crippen LogP contribution in [0.25, 0.3) is 11.4 Å². The number of rotatable bonds is 2. The monoisotopic (exact) mass is 189 g/mol. The lowest BCUT2D eigenvalue weighted by molar-refractivity contribution is 0.112. The molecule has 1 N–H and O–H groups in total. The van der Waals surface area contributed by atoms with Crippen LogP contribution in [0.3, 0.4) is 0 Å². The van der Waals surface area contributed by atoms with Gasteiger partial charge in [-0.1, -0.05) is 0 Å². The summed E-state index contributed by atoms with van der Waals surface area (Å²) in [5.74, 6) is 0.753. The Balaban J connectivity index is 2.61. The van der Waals surface area contributed by atoms with Gasteiger partial charge < -0.3 is 9.55 Å². The Hall–Kier alpha value is -1.84. The van der Waals surface area contributed by atoms with Gasteiger partial charge in [-0.3, -0.25) is 4.79 Å². The van der Waals surface area contributed by atoms with Gasteiger partial charge in [0.05, 0.1) is 5.69 Å². The second-order valence-corrected chi connectivity index (χ2v) is 3.21. The first-order valence-electron chi connectivity index (χ1n) is 4.36. The zero-order valence-electron chi connectivity index (χ0n) is 8.11. The first-order valence-corrected chi connectivity index (χ1v) is 4.36. The number of aromatic amines is 1. The molecule has 0 fully saturated rings. The van der Waals surface area contributed by atoms with Crippen LogP contribution in [-0.2, 0) is 7.05 Å². The maximum Gasteiger partial charge on any atom is 0.168 e. The molecule has 0 radical (unpaired) electrons. The maximum absolute atomic E-state index is 10.8. The molecule has 0 saturated carbocycles. The fourth-order valence-electron chi connectivity index (χ4n) is 1.50. The summed E-state index contributed by atoms with van der Waals surface area (Å²) >= 11 is 0. The third kappa shape index (κ3) is 1.25. The van der Waals surface area contributed by atoms with E-state index in [1.165, 1.54) is 0 Å². The number of aryl methyl sites for hydroxylation is 2. The Morgan fingerprint density at radius 3 is 2.93 bits per heavy atom. The normalized spacial score (nSPS) is 10.4. The minimum atomic E-state index is 0.532. The number of imidazole rings is 1. The molecule has 14 heavy (non-hydrogen) atoms. The zero-order chi connectivity index (χ0) is 10.1. The molecule has 0 unspecified atom stereocenters. The minimum absolute atomic E-state index is 0.532. The van der Waals surface area contributed by atoms with E-state index in [4.69, 9.17) is 0 Å². The fourth-order valence-corrected chi connectivity index (χ4v) is 1.50. The first-order chi connectivity index (χ1) is 6.72. The van der Waals surface area contributed by atoms with Gasteiger partial charge in [0, 0.05) is 13.2 Å². The molecule has 0 saturated heterocycles. The number of carbonyl (C=O) groups excluding carboxylic acids is 1. The number of aromatic nitrogens is 3. The standard InChI is InChI=1S/C10H11N3O/c1-7-11-8(6-14)10(12-7)9-4-3-5-13(9)2/h3-6H,1-2H3,(H,11,12). The van der Waals surface area contributed by atoms with E-state index in [2.05, 4.69) is 9.97 Å². The van der Waals surface area contributed by atoms with Crippen molar-refractivity contribution in [3.8, 4) is 11.4 Å². The van der Waals surface area contributed by atoms with Crippen LogP contribution in [0.4, 0.5) is 0 Å². The van der Waals surface area contributed by atoms with Crippen LogP contribution in [0.15, 0.2) is 18.3 Å². The molecule has 0 bridgehead atoms. The Morgan fingerprint density at radius 1 is 1.57 bits per heavy atom. The topological polar surface area (TPSA) is 50.7 Å². The lowest BCUT2D eigenvalue weighted by atomic mass is 10.2. The number of nitrogens with one attached hydrogen (secondary N) is 1. The third-order valence-corrected chi connectivity index (χ3v) is 2.15. The van der Waals surface area contributed by atoms with Crippen molar-refractivity contribution in [3.05, 3.63) is 29.8 Å². The predicted octanol–water partition coefficient (Wildman–Crippen LogP) is 1.54. The van der Waals surface area contributed by atoms with Gasteiger partial charge in [0.1, 0.15) is 17.2 Å². The van der Waals surface area contributed by atoms with E-state index in [1.54, 1.807) is 0 Å². The summed E-state index contributed by atoms with van der Waals surface area (Å²) in [6.45, 7) is 1.83. The highest BCUT2D eigenvalue weighted by molar-refractivity contribution is 5.82. The van der Waals surface area contributed by atoms with Crippen molar-refractivity contribution in [2.24, 2.45) is 7.05 Å². The molecule has 0 aliphatic heterocycles. The molecule has 72 valence electrons. The highest BCUT2D eigenvalue weighted by atomic mass is 16.1. The average Bonchev–Trinajstić information content (AvgIpc) is 2.71. The maximum atomic E-state index is 10.8. The van der Waals surface area contributed by atoms with Crippen molar-refractivity contribution in [3.63, 3.8) is 0 Å². The molecular formula is C10H11N3O. The molecule has 2 aromatic heterocycles. The largest absolute Gasteiger partial charge is 0.349 e. The molecule has 4 nitrogen and oxygen atoms in total. The number of hydrogen-bond donors (Lipinski definition) is 1. The fraction of sp³-hybridized carbons (Fsp3) is 0.200. The molecule has 2 heterocycles. The zero-order valence-corrected chi connectivity index (χ0v) is 8.11. The SMILES string of the molecule is Cc1nc(-c2cccn2C)c(C=O)[nH]1. The average molecular weight is 189 g/mol. The van der Waals surface area contributed by atoms with Gasteiger partial charge in [0.15, 0.2) is 6.29 Å². The number of H-pyrrole nitrogens is 1. The quantitative estimate of drug-likeness (QED) is 0.728. The van der Waals surface area contributed by atoms with Crippen molar-refractivity contribution in [2.75, 3.05) is 0 Å². The van der Waals surface area contributed by atoms with Gasteiger partial charge in [-0.25, -0.2) is 4.98 Å². The Kier molecular flexibility index (Phi) is 1.96. The molecule has 0 aliphatic rings. The van der Waals surface area contributed by atoms with Gasteiger partial charge in [-0.2, -0.15) is 0 Å². The van der Waals surface area contributed by atoms with Crippen LogP contribution in [0.1, 0.15) is 16.3 Å². The van der Waals surface area contributed by atoms with Gasteiger partial charge in [0.25, 0.3) is 0 Å². The van der Waals surface area contributed by atoms with Crippen LogP contribution < -0.4 is 0 Å². The van der Waals surface area contributed by atoms with E-state index >= 15 is 0 Å². The van der Waals surface area contributed by atoms with Crippen molar-refractivity contribution in [1.82, 2.24) is 14.5 Å². The number of hydrogen-bond acceptors (Lipinski definition) is 2. The van der Waals surface area contributed by atoms with Gasteiger partial charge in [0.2, 0.25) is 0 Å². The van der Waals surface area contributed by atoms with Crippen LogP contribution in [0.2, 0.25) is 0 Å². The number of carbonyl (C=O) groups is 1. The lowest BCUT2D eigenvalue weighted by Gasteiger charge is -1.99. The number of aldehydes is 1. The molecule has 4 heteroatoms. The van der Waals surface area contributed by atoms with E-state index < -0.39 is 0 Å². The van der Waals surface area contributed by atoms with E-state index in [0.29, 0.717) is 11.4 Å². The van der Waals surface area contributed by atoms with Crippen LogP contribution >= 0.6 is 0 Å². The van der Waals surface area contributed by atoms with E-state index in [9.17, 15) is 4.79 Å². The van der Waals surface area contributed by atoms with E-state index in [-0.39, 0.29) is 0 Å². The molecule has 0 aliphatic carbocycles. The summed E-state index contributed by atoms with van der Waals surface area (Å²) in [7, 11) is 1.92. The second kappa shape index (κ2) is 3.14. The van der Waals surface area contributed by atoms with Gasteiger partial charge >= 0.3 is 0 Å². The molecule has 0 aromatic carbocycles. The first kappa shape index (κ1) is 8.74. The summed E-state index contributed by atoms with van der Waals surface area (Å²) in [5, 5.41) is 0. The van der Waals surface area contributed by atoms with Crippen LogP contribution in [0.5, 0.6) is 0 Å². The molecule has 2 rings (SSSR count). The van der Waals surface area contributed by atoms with Gasteiger partial charge in [-0.15, -0.1) is 0 Å². The summed E-state index contributed by atoms with van der Waals surface area (Å²) in [5.41, 5.74) is 2.19. The van der Waals surface area contributed by atoms with E-state index in [1.807, 2.05) is 36.9 Å². The van der Waals surface area contributed by atoms with Gasteiger partial charge in [-0.05, 0) is 19.1 Å². The second-order valence-electron chi connectivity index (χ2n) is 3.21. The molecule has 0 spiro atoms. The summed E-state index contributed by atoms with van der Waals surface area (Å²) in [4.78, 5) is 18.0. The molecule has 2 aromatic rings. The lowest BCUT2D eigenvalue weighted by Crippen LogP contribution is -1.92. The molecule has 0 amide bonds. The minimum Gasteiger partial charge on any atom is -0.349 e. The Morgan fingerprint density at radius 2 is 2.36 bits per heavy atom. The van der Waals surface area contributed by atoms with Crippen molar-refractivity contribution < 1.29 is 4.79 Å². The molecule has 0 atom stereocenters. The van der Waals surface area contributed by atoms with Crippen molar-refractivity contribution >= 4 is 6.29 Å². The molecular weight excluding hydrogens is 178 g/mol. The third-order valence-electron chi connectivity index (χ3n) is 2.15. The summed E-state index contributed by atoms with van der Waals surface area (Å²) in [6, 6.07) is 3.86. The number of nitrogens with zero attached hydrogens (tertiary/aromatic N) is 2. The van der Waals surface area contributed by atoms with Crippen molar-refractivity contribution in [2.45, 2.75) is 6.92 Å². The highest BCUT2D eigenvalue weighted by Gasteiger charge is 2.11. The summed E-state index contributed by atoms with van der Waals surface area (Å²) in [6.07, 6.45) is 2.72. The van der Waals surface area contributed by atoms with Crippen molar-refractivity contribution in [1.29, 1.82) is 0 Å². The van der Waals surface area contributed by atoms with Crippen LogP contribution in [0, 0.1) is 6.92 Å². The summed E-state index contributed by atoms with van der Waals surface area (Å²) < 4.78 is 1.93. The van der Waals surface area contributed by atoms with Crippen LogP contribution in [-0.4, -0.2) is 20.8 Å².